The lowest BCUT2D eigenvalue weighted by molar-refractivity contribution is -0.126. The first kappa shape index (κ1) is 17.9. The van der Waals surface area contributed by atoms with Crippen LogP contribution in [0.15, 0.2) is 48.5 Å². The van der Waals surface area contributed by atoms with Crippen molar-refractivity contribution in [2.24, 2.45) is 5.73 Å². The Morgan fingerprint density at radius 2 is 1.62 bits per heavy atom. The summed E-state index contributed by atoms with van der Waals surface area (Å²) in [6.45, 7) is 0.388. The number of primary amides is 1. The number of hydrogen-bond acceptors (Lipinski definition) is 2. The summed E-state index contributed by atoms with van der Waals surface area (Å²) in [5.74, 6) is -0.326. The molecule has 6 heteroatoms. The maximum atomic E-state index is 13.2. The van der Waals surface area contributed by atoms with Gasteiger partial charge in [0.15, 0.2) is 0 Å². The van der Waals surface area contributed by atoms with Crippen molar-refractivity contribution in [1.29, 1.82) is 0 Å². The second kappa shape index (κ2) is 7.56. The van der Waals surface area contributed by atoms with Crippen molar-refractivity contribution in [3.8, 4) is 0 Å². The molecule has 0 saturated heterocycles. The number of carbonyl (C=O) groups excluding carboxylic acids is 2. The smallest absolute Gasteiger partial charge is 0.316 e. The minimum absolute atomic E-state index is 0.0269. The van der Waals surface area contributed by atoms with Crippen LogP contribution < -0.4 is 16.4 Å². The van der Waals surface area contributed by atoms with Crippen molar-refractivity contribution in [3.05, 3.63) is 65.5 Å². The van der Waals surface area contributed by atoms with Crippen LogP contribution >= 0.6 is 0 Å². The summed E-state index contributed by atoms with van der Waals surface area (Å²) in [6.07, 6.45) is 3.51. The first-order chi connectivity index (χ1) is 12.5. The SMILES string of the molecule is NC(=O)Nc1ccc(CNC(=O)C2(c3ccc(F)cc3)CCCC2)cc1. The van der Waals surface area contributed by atoms with E-state index in [9.17, 15) is 14.0 Å². The summed E-state index contributed by atoms with van der Waals surface area (Å²) in [4.78, 5) is 23.8. The lowest BCUT2D eigenvalue weighted by Gasteiger charge is -2.28. The number of benzene rings is 2. The number of nitrogens with one attached hydrogen (secondary N) is 2. The minimum Gasteiger partial charge on any atom is -0.351 e. The van der Waals surface area contributed by atoms with Crippen LogP contribution in [0.4, 0.5) is 14.9 Å². The van der Waals surface area contributed by atoms with Gasteiger partial charge in [0.05, 0.1) is 5.41 Å². The lowest BCUT2D eigenvalue weighted by atomic mass is 9.78. The number of rotatable bonds is 5. The van der Waals surface area contributed by atoms with Gasteiger partial charge in [0.1, 0.15) is 5.82 Å². The van der Waals surface area contributed by atoms with Gasteiger partial charge in [0, 0.05) is 12.2 Å². The first-order valence-corrected chi connectivity index (χ1v) is 8.69. The Bertz CT molecular complexity index is 782. The number of halogens is 1. The zero-order chi connectivity index (χ0) is 18.6. The van der Waals surface area contributed by atoms with Crippen molar-refractivity contribution in [2.75, 3.05) is 5.32 Å². The van der Waals surface area contributed by atoms with Gasteiger partial charge in [-0.2, -0.15) is 0 Å². The molecule has 0 atom stereocenters. The molecule has 0 unspecified atom stereocenters. The minimum atomic E-state index is -0.617. The van der Waals surface area contributed by atoms with Gasteiger partial charge in [0.2, 0.25) is 5.91 Å². The molecule has 1 saturated carbocycles. The fourth-order valence-electron chi connectivity index (χ4n) is 3.59. The van der Waals surface area contributed by atoms with Gasteiger partial charge < -0.3 is 16.4 Å². The fourth-order valence-corrected chi connectivity index (χ4v) is 3.59. The molecule has 26 heavy (non-hydrogen) atoms. The van der Waals surface area contributed by atoms with Gasteiger partial charge in [-0.25, -0.2) is 9.18 Å². The van der Waals surface area contributed by atoms with E-state index in [1.54, 1.807) is 24.3 Å². The van der Waals surface area contributed by atoms with Crippen molar-refractivity contribution in [3.63, 3.8) is 0 Å². The molecule has 2 aromatic carbocycles. The molecule has 136 valence electrons. The average molecular weight is 355 g/mol. The summed E-state index contributed by atoms with van der Waals surface area (Å²) in [6, 6.07) is 12.7. The number of urea groups is 1. The van der Waals surface area contributed by atoms with Crippen molar-refractivity contribution in [2.45, 2.75) is 37.6 Å². The summed E-state index contributed by atoms with van der Waals surface area (Å²) < 4.78 is 13.2. The van der Waals surface area contributed by atoms with Crippen LogP contribution in [0, 0.1) is 5.82 Å². The van der Waals surface area contributed by atoms with Crippen LogP contribution in [-0.2, 0) is 16.8 Å². The highest BCUT2D eigenvalue weighted by Crippen LogP contribution is 2.41. The lowest BCUT2D eigenvalue weighted by Crippen LogP contribution is -2.42. The summed E-state index contributed by atoms with van der Waals surface area (Å²) in [5, 5.41) is 5.50. The number of amides is 3. The van der Waals surface area contributed by atoms with Gasteiger partial charge >= 0.3 is 6.03 Å². The van der Waals surface area contributed by atoms with Gasteiger partial charge in [-0.05, 0) is 48.2 Å². The van der Waals surface area contributed by atoms with Crippen molar-refractivity contribution < 1.29 is 14.0 Å². The Labute approximate surface area is 151 Å². The largest absolute Gasteiger partial charge is 0.351 e. The van der Waals surface area contributed by atoms with Crippen LogP contribution in [0.2, 0.25) is 0 Å². The Morgan fingerprint density at radius 3 is 2.19 bits per heavy atom. The van der Waals surface area contributed by atoms with Crippen LogP contribution in [0.25, 0.3) is 0 Å². The molecule has 0 bridgehead atoms. The quantitative estimate of drug-likeness (QED) is 0.767. The molecule has 3 amide bonds. The molecule has 4 N–H and O–H groups in total. The molecule has 0 heterocycles. The maximum Gasteiger partial charge on any atom is 0.316 e. The third kappa shape index (κ3) is 3.85. The van der Waals surface area contributed by atoms with Crippen LogP contribution in [0.5, 0.6) is 0 Å². The Balaban J connectivity index is 1.69. The monoisotopic (exact) mass is 355 g/mol. The predicted molar refractivity (Wildman–Crippen MR) is 98.0 cm³/mol. The van der Waals surface area contributed by atoms with Crippen LogP contribution in [-0.4, -0.2) is 11.9 Å². The zero-order valence-corrected chi connectivity index (χ0v) is 14.4. The van der Waals surface area contributed by atoms with Crippen LogP contribution in [0.1, 0.15) is 36.8 Å². The number of hydrogen-bond donors (Lipinski definition) is 3. The standard InChI is InChI=1S/C20H22FN3O2/c21-16-7-5-15(6-8-16)20(11-1-2-12-20)18(25)23-13-14-3-9-17(10-4-14)24-19(22)26/h3-10H,1-2,11-13H2,(H,23,25)(H3,22,24,26). The van der Waals surface area contributed by atoms with E-state index in [0.29, 0.717) is 12.2 Å². The van der Waals surface area contributed by atoms with E-state index in [4.69, 9.17) is 5.73 Å². The molecule has 2 aromatic rings. The molecular formula is C20H22FN3O2. The summed E-state index contributed by atoms with van der Waals surface area (Å²) in [5.41, 5.74) is 6.89. The fraction of sp³-hybridized carbons (Fsp3) is 0.300. The molecule has 0 aliphatic heterocycles. The highest BCUT2D eigenvalue weighted by atomic mass is 19.1. The van der Waals surface area contributed by atoms with Gasteiger partial charge in [-0.3, -0.25) is 4.79 Å². The van der Waals surface area contributed by atoms with E-state index in [-0.39, 0.29) is 11.7 Å². The molecule has 1 fully saturated rings. The highest BCUT2D eigenvalue weighted by molar-refractivity contribution is 5.89. The number of carbonyl (C=O) groups is 2. The second-order valence-corrected chi connectivity index (χ2v) is 6.66. The van der Waals surface area contributed by atoms with Crippen molar-refractivity contribution in [1.82, 2.24) is 5.32 Å². The second-order valence-electron chi connectivity index (χ2n) is 6.66. The Morgan fingerprint density at radius 1 is 1.00 bits per heavy atom. The molecule has 0 aromatic heterocycles. The normalized spacial score (nSPS) is 15.4. The number of anilines is 1. The third-order valence-corrected chi connectivity index (χ3v) is 4.96. The molecule has 3 rings (SSSR count). The molecule has 0 radical (unpaired) electrons. The van der Waals surface area contributed by atoms with E-state index in [1.807, 2.05) is 12.1 Å². The molecule has 1 aliphatic carbocycles. The molecule has 5 nitrogen and oxygen atoms in total. The summed E-state index contributed by atoms with van der Waals surface area (Å²) in [7, 11) is 0. The molecule has 1 aliphatic rings. The van der Waals surface area contributed by atoms with Gasteiger partial charge in [-0.15, -0.1) is 0 Å². The maximum absolute atomic E-state index is 13.2. The number of nitrogens with two attached hydrogens (primary N) is 1. The first-order valence-electron chi connectivity index (χ1n) is 8.69. The average Bonchev–Trinajstić information content (AvgIpc) is 3.12. The van der Waals surface area contributed by atoms with Crippen LogP contribution in [0.3, 0.4) is 0 Å². The topological polar surface area (TPSA) is 84.2 Å². The summed E-state index contributed by atoms with van der Waals surface area (Å²) >= 11 is 0. The zero-order valence-electron chi connectivity index (χ0n) is 14.4. The van der Waals surface area contributed by atoms with E-state index in [0.717, 1.165) is 36.8 Å². The van der Waals surface area contributed by atoms with Gasteiger partial charge in [-0.1, -0.05) is 37.1 Å². The molecular weight excluding hydrogens is 333 g/mol. The Kier molecular flexibility index (Phi) is 5.21. The van der Waals surface area contributed by atoms with E-state index < -0.39 is 11.4 Å². The Hall–Kier alpha value is -2.89. The van der Waals surface area contributed by atoms with E-state index in [1.165, 1.54) is 12.1 Å². The van der Waals surface area contributed by atoms with Gasteiger partial charge in [0.25, 0.3) is 0 Å². The predicted octanol–water partition coefficient (Wildman–Crippen LogP) is 3.44. The van der Waals surface area contributed by atoms with E-state index in [2.05, 4.69) is 10.6 Å². The molecule has 0 spiro atoms. The third-order valence-electron chi connectivity index (χ3n) is 4.96. The van der Waals surface area contributed by atoms with Crippen molar-refractivity contribution >= 4 is 17.6 Å². The highest BCUT2D eigenvalue weighted by Gasteiger charge is 2.42. The van der Waals surface area contributed by atoms with E-state index >= 15 is 0 Å².